The third kappa shape index (κ3) is 2.46. The normalized spacial score (nSPS) is 11.0. The van der Waals surface area contributed by atoms with Crippen molar-refractivity contribution >= 4 is 11.0 Å². The van der Waals surface area contributed by atoms with E-state index in [-0.39, 0.29) is 17.0 Å². The molecule has 0 bridgehead atoms. The first-order valence-electron chi connectivity index (χ1n) is 6.78. The van der Waals surface area contributed by atoms with E-state index in [1.807, 2.05) is 0 Å². The van der Waals surface area contributed by atoms with Crippen LogP contribution < -0.4 is 10.7 Å². The highest BCUT2D eigenvalue weighted by atomic mass is 19.1. The van der Waals surface area contributed by atoms with E-state index in [2.05, 4.69) is 5.32 Å². The number of rotatable bonds is 3. The van der Waals surface area contributed by atoms with E-state index in [1.54, 1.807) is 19.2 Å². The minimum absolute atomic E-state index is 0.0292. The van der Waals surface area contributed by atoms with Gasteiger partial charge in [0.25, 0.3) is 0 Å². The monoisotopic (exact) mass is 299 g/mol. The molecule has 0 atom stereocenters. The predicted molar refractivity (Wildman–Crippen MR) is 82.3 cm³/mol. The van der Waals surface area contributed by atoms with Gasteiger partial charge in [-0.1, -0.05) is 6.07 Å². The Hall–Kier alpha value is -2.66. The van der Waals surface area contributed by atoms with Crippen LogP contribution in [0.5, 0.6) is 5.75 Å². The molecular weight excluding hydrogens is 285 g/mol. The molecule has 1 heterocycles. The van der Waals surface area contributed by atoms with E-state index in [0.717, 1.165) is 0 Å². The first kappa shape index (κ1) is 14.3. The van der Waals surface area contributed by atoms with Gasteiger partial charge in [0.1, 0.15) is 23.4 Å². The first-order chi connectivity index (χ1) is 10.6. The molecule has 0 aliphatic heterocycles. The van der Waals surface area contributed by atoms with E-state index in [1.165, 1.54) is 30.5 Å². The minimum Gasteiger partial charge on any atom is -0.508 e. The molecule has 5 heteroatoms. The summed E-state index contributed by atoms with van der Waals surface area (Å²) in [6.07, 6.45) is 1.33. The number of hydrogen-bond donors (Lipinski definition) is 2. The molecule has 2 aromatic carbocycles. The zero-order valence-corrected chi connectivity index (χ0v) is 11.9. The molecule has 2 N–H and O–H groups in total. The van der Waals surface area contributed by atoms with E-state index < -0.39 is 0 Å². The van der Waals surface area contributed by atoms with Crippen molar-refractivity contribution in [1.29, 1.82) is 0 Å². The summed E-state index contributed by atoms with van der Waals surface area (Å²) in [7, 11) is 1.73. The van der Waals surface area contributed by atoms with Crippen LogP contribution in [0.2, 0.25) is 0 Å². The van der Waals surface area contributed by atoms with Crippen molar-refractivity contribution in [3.8, 4) is 16.9 Å². The molecule has 0 fully saturated rings. The molecule has 0 saturated heterocycles. The molecule has 0 spiro atoms. The fraction of sp³-hybridized carbons (Fsp3) is 0.118. The number of benzene rings is 2. The van der Waals surface area contributed by atoms with Crippen LogP contribution in [0, 0.1) is 5.82 Å². The van der Waals surface area contributed by atoms with E-state index in [9.17, 15) is 14.3 Å². The summed E-state index contributed by atoms with van der Waals surface area (Å²) in [5.41, 5.74) is 1.52. The fourth-order valence-electron chi connectivity index (χ4n) is 2.38. The van der Waals surface area contributed by atoms with Gasteiger partial charge in [0.15, 0.2) is 5.43 Å². The summed E-state index contributed by atoms with van der Waals surface area (Å²) < 4.78 is 19.1. The molecule has 1 aromatic heterocycles. The SMILES string of the molecule is CNCc1cc(-c2coc3cc(O)ccc3c2=O)ccc1F. The highest BCUT2D eigenvalue weighted by Crippen LogP contribution is 2.24. The molecule has 22 heavy (non-hydrogen) atoms. The van der Waals surface area contributed by atoms with Crippen LogP contribution in [0.1, 0.15) is 5.56 Å². The van der Waals surface area contributed by atoms with Crippen LogP contribution in [0.3, 0.4) is 0 Å². The molecule has 4 nitrogen and oxygen atoms in total. The maximum Gasteiger partial charge on any atom is 0.200 e. The molecule has 3 aromatic rings. The molecule has 0 saturated carbocycles. The maximum atomic E-state index is 13.7. The van der Waals surface area contributed by atoms with Crippen LogP contribution in [-0.2, 0) is 6.54 Å². The summed E-state index contributed by atoms with van der Waals surface area (Å²) in [4.78, 5) is 12.5. The van der Waals surface area contributed by atoms with E-state index in [4.69, 9.17) is 4.42 Å². The van der Waals surface area contributed by atoms with Crippen LogP contribution >= 0.6 is 0 Å². The maximum absolute atomic E-state index is 13.7. The van der Waals surface area contributed by atoms with Crippen molar-refractivity contribution in [2.45, 2.75) is 6.54 Å². The van der Waals surface area contributed by atoms with Gasteiger partial charge in [0.05, 0.1) is 10.9 Å². The third-order valence-corrected chi connectivity index (χ3v) is 3.48. The number of phenols is 1. The highest BCUT2D eigenvalue weighted by Gasteiger charge is 2.11. The van der Waals surface area contributed by atoms with E-state index in [0.29, 0.717) is 34.2 Å². The van der Waals surface area contributed by atoms with Crippen molar-refractivity contribution < 1.29 is 13.9 Å². The lowest BCUT2D eigenvalue weighted by molar-refractivity contribution is 0.474. The second-order valence-electron chi connectivity index (χ2n) is 5.00. The summed E-state index contributed by atoms with van der Waals surface area (Å²) in [5, 5.41) is 12.7. The average molecular weight is 299 g/mol. The standard InChI is InChI=1S/C17H14FNO3/c1-19-8-11-6-10(2-5-15(11)18)14-9-22-16-7-12(20)3-4-13(16)17(14)21/h2-7,9,19-20H,8H2,1H3. The average Bonchev–Trinajstić information content (AvgIpc) is 2.50. The fourth-order valence-corrected chi connectivity index (χ4v) is 2.38. The smallest absolute Gasteiger partial charge is 0.200 e. The zero-order valence-electron chi connectivity index (χ0n) is 11.9. The minimum atomic E-state index is -0.326. The Bertz CT molecular complexity index is 902. The summed E-state index contributed by atoms with van der Waals surface area (Å²) in [6, 6.07) is 8.84. The zero-order chi connectivity index (χ0) is 15.7. The van der Waals surface area contributed by atoms with Gasteiger partial charge in [0.2, 0.25) is 0 Å². The Morgan fingerprint density at radius 2 is 2.05 bits per heavy atom. The Balaban J connectivity index is 2.18. The lowest BCUT2D eigenvalue weighted by Crippen LogP contribution is -2.08. The Morgan fingerprint density at radius 3 is 2.82 bits per heavy atom. The molecular formula is C17H14FNO3. The second kappa shape index (κ2) is 5.61. The summed E-state index contributed by atoms with van der Waals surface area (Å²) in [6.45, 7) is 0.368. The molecule has 0 aliphatic rings. The Labute approximate surface area is 125 Å². The number of fused-ring (bicyclic) bond motifs is 1. The van der Waals surface area contributed by atoms with Gasteiger partial charge in [-0.2, -0.15) is 0 Å². The number of hydrogen-bond acceptors (Lipinski definition) is 4. The van der Waals surface area contributed by atoms with Crippen molar-refractivity contribution in [3.05, 3.63) is 64.3 Å². The second-order valence-corrected chi connectivity index (χ2v) is 5.00. The molecule has 112 valence electrons. The van der Waals surface area contributed by atoms with E-state index >= 15 is 0 Å². The van der Waals surface area contributed by atoms with Crippen LogP contribution in [0.15, 0.2) is 51.9 Å². The van der Waals surface area contributed by atoms with Crippen LogP contribution in [0.4, 0.5) is 4.39 Å². The third-order valence-electron chi connectivity index (χ3n) is 3.48. The Kier molecular flexibility index (Phi) is 3.65. The molecule has 0 radical (unpaired) electrons. The van der Waals surface area contributed by atoms with Crippen molar-refractivity contribution in [2.24, 2.45) is 0 Å². The van der Waals surface area contributed by atoms with Crippen LogP contribution in [-0.4, -0.2) is 12.2 Å². The first-order valence-corrected chi connectivity index (χ1v) is 6.78. The summed E-state index contributed by atoms with van der Waals surface area (Å²) >= 11 is 0. The van der Waals surface area contributed by atoms with Crippen LogP contribution in [0.25, 0.3) is 22.1 Å². The number of aromatic hydroxyl groups is 1. The van der Waals surface area contributed by atoms with Gasteiger partial charge in [-0.05, 0) is 36.9 Å². The van der Waals surface area contributed by atoms with Gasteiger partial charge < -0.3 is 14.8 Å². The molecule has 0 amide bonds. The van der Waals surface area contributed by atoms with Crippen molar-refractivity contribution in [1.82, 2.24) is 5.32 Å². The number of nitrogens with one attached hydrogen (secondary N) is 1. The van der Waals surface area contributed by atoms with Gasteiger partial charge >= 0.3 is 0 Å². The van der Waals surface area contributed by atoms with Gasteiger partial charge in [-0.3, -0.25) is 4.79 Å². The number of halogens is 1. The number of phenolic OH excluding ortho intramolecular Hbond substituents is 1. The quantitative estimate of drug-likeness (QED) is 0.780. The van der Waals surface area contributed by atoms with Gasteiger partial charge in [-0.25, -0.2) is 4.39 Å². The predicted octanol–water partition coefficient (Wildman–Crippen LogP) is 3.02. The summed E-state index contributed by atoms with van der Waals surface area (Å²) in [5.74, 6) is -0.297. The molecule has 0 aliphatic carbocycles. The van der Waals surface area contributed by atoms with Crippen molar-refractivity contribution in [3.63, 3.8) is 0 Å². The topological polar surface area (TPSA) is 62.5 Å². The highest BCUT2D eigenvalue weighted by molar-refractivity contribution is 5.82. The molecule has 3 rings (SSSR count). The molecule has 0 unspecified atom stereocenters. The van der Waals surface area contributed by atoms with Crippen molar-refractivity contribution in [2.75, 3.05) is 7.05 Å². The lowest BCUT2D eigenvalue weighted by atomic mass is 10.0. The largest absolute Gasteiger partial charge is 0.508 e. The van der Waals surface area contributed by atoms with Gasteiger partial charge in [0, 0.05) is 18.2 Å². The lowest BCUT2D eigenvalue weighted by Gasteiger charge is -2.07. The Morgan fingerprint density at radius 1 is 1.23 bits per heavy atom. The van der Waals surface area contributed by atoms with Gasteiger partial charge in [-0.15, -0.1) is 0 Å².